The molecule has 0 aliphatic carbocycles. The van der Waals surface area contributed by atoms with Crippen LogP contribution in [-0.2, 0) is 6.42 Å². The number of nitrogens with zero attached hydrogens (tertiary/aromatic N) is 4. The lowest BCUT2D eigenvalue weighted by atomic mass is 10.3. The van der Waals surface area contributed by atoms with E-state index in [-0.39, 0.29) is 5.69 Å². The van der Waals surface area contributed by atoms with Crippen molar-refractivity contribution >= 4 is 28.0 Å². The highest BCUT2D eigenvalue weighted by atomic mass is 32.1. The molecule has 3 rings (SSSR count). The maximum Gasteiger partial charge on any atom is 0.287 e. The highest BCUT2D eigenvalue weighted by Gasteiger charge is 2.15. The lowest BCUT2D eigenvalue weighted by Crippen LogP contribution is -2.17. The summed E-state index contributed by atoms with van der Waals surface area (Å²) in [5, 5.41) is 16.9. The molecule has 8 heteroatoms. The Labute approximate surface area is 132 Å². The van der Waals surface area contributed by atoms with Crippen LogP contribution >= 0.6 is 11.3 Å². The Morgan fingerprint density at radius 3 is 2.86 bits per heavy atom. The Morgan fingerprint density at radius 2 is 2.18 bits per heavy atom. The number of thiazole rings is 1. The normalized spacial score (nSPS) is 14.3. The van der Waals surface area contributed by atoms with Gasteiger partial charge in [-0.2, -0.15) is 0 Å². The van der Waals surface area contributed by atoms with Crippen LogP contribution in [0.3, 0.4) is 0 Å². The second-order valence-corrected chi connectivity index (χ2v) is 5.99. The molecule has 1 saturated heterocycles. The predicted molar refractivity (Wildman–Crippen MR) is 86.6 cm³/mol. The van der Waals surface area contributed by atoms with Gasteiger partial charge in [-0.25, -0.2) is 9.97 Å². The number of aromatic nitrogens is 2. The molecule has 1 N–H and O–H groups in total. The summed E-state index contributed by atoms with van der Waals surface area (Å²) in [5.74, 6) is 0.639. The molecule has 1 aliphatic rings. The van der Waals surface area contributed by atoms with E-state index in [4.69, 9.17) is 0 Å². The minimum atomic E-state index is -0.452. The molecule has 3 heterocycles. The first-order chi connectivity index (χ1) is 10.7. The summed E-state index contributed by atoms with van der Waals surface area (Å²) < 4.78 is 0. The Hall–Kier alpha value is -2.22. The Kier molecular flexibility index (Phi) is 4.47. The molecular formula is C14H17N5O2S. The van der Waals surface area contributed by atoms with E-state index in [1.807, 2.05) is 0 Å². The van der Waals surface area contributed by atoms with Crippen LogP contribution in [0.2, 0.25) is 0 Å². The van der Waals surface area contributed by atoms with Gasteiger partial charge in [0.2, 0.25) is 0 Å². The van der Waals surface area contributed by atoms with Crippen molar-refractivity contribution < 1.29 is 4.92 Å². The molecule has 0 radical (unpaired) electrons. The van der Waals surface area contributed by atoms with Gasteiger partial charge in [0.15, 0.2) is 5.13 Å². The van der Waals surface area contributed by atoms with Gasteiger partial charge in [-0.3, -0.25) is 10.1 Å². The molecule has 7 nitrogen and oxygen atoms in total. The molecule has 0 amide bonds. The maximum atomic E-state index is 10.6. The summed E-state index contributed by atoms with van der Waals surface area (Å²) in [5.41, 5.74) is 1.07. The van der Waals surface area contributed by atoms with Crippen LogP contribution in [0, 0.1) is 10.1 Å². The lowest BCUT2D eigenvalue weighted by Gasteiger charge is -2.12. The van der Waals surface area contributed by atoms with Crippen molar-refractivity contribution in [2.45, 2.75) is 19.3 Å². The van der Waals surface area contributed by atoms with Gasteiger partial charge in [0.1, 0.15) is 12.0 Å². The Morgan fingerprint density at radius 1 is 1.36 bits per heavy atom. The molecule has 0 aromatic carbocycles. The quantitative estimate of drug-likeness (QED) is 0.651. The number of nitrogens with one attached hydrogen (secondary N) is 1. The second kappa shape index (κ2) is 6.69. The fourth-order valence-corrected chi connectivity index (χ4v) is 3.30. The van der Waals surface area contributed by atoms with E-state index < -0.39 is 4.92 Å². The van der Waals surface area contributed by atoms with Crippen LogP contribution in [-0.4, -0.2) is 34.5 Å². The molecule has 0 atom stereocenters. The van der Waals surface area contributed by atoms with Gasteiger partial charge in [0.25, 0.3) is 5.69 Å². The highest BCUT2D eigenvalue weighted by Crippen LogP contribution is 2.24. The number of anilines is 2. The van der Waals surface area contributed by atoms with Crippen molar-refractivity contribution in [1.82, 2.24) is 9.97 Å². The van der Waals surface area contributed by atoms with Gasteiger partial charge >= 0.3 is 0 Å². The first kappa shape index (κ1) is 14.7. The van der Waals surface area contributed by atoms with E-state index in [9.17, 15) is 10.1 Å². The number of nitro groups is 1. The van der Waals surface area contributed by atoms with Crippen LogP contribution in [0.5, 0.6) is 0 Å². The molecular weight excluding hydrogens is 302 g/mol. The molecule has 0 spiro atoms. The van der Waals surface area contributed by atoms with Crippen LogP contribution in [0.15, 0.2) is 23.7 Å². The zero-order valence-electron chi connectivity index (χ0n) is 12.1. The third-order valence-corrected chi connectivity index (χ3v) is 4.51. The summed E-state index contributed by atoms with van der Waals surface area (Å²) in [6.45, 7) is 2.92. The highest BCUT2D eigenvalue weighted by molar-refractivity contribution is 7.13. The third-order valence-electron chi connectivity index (χ3n) is 3.56. The lowest BCUT2D eigenvalue weighted by molar-refractivity contribution is -0.385. The SMILES string of the molecule is O=[N+]([O-])c1ccc(NCCc2csc(N3CCCC3)n2)nc1. The monoisotopic (exact) mass is 319 g/mol. The molecule has 116 valence electrons. The minimum Gasteiger partial charge on any atom is -0.370 e. The van der Waals surface area contributed by atoms with E-state index in [2.05, 4.69) is 25.6 Å². The summed E-state index contributed by atoms with van der Waals surface area (Å²) in [4.78, 5) is 21.1. The maximum absolute atomic E-state index is 10.6. The van der Waals surface area contributed by atoms with Crippen molar-refractivity contribution in [3.63, 3.8) is 0 Å². The van der Waals surface area contributed by atoms with E-state index in [1.165, 1.54) is 25.1 Å². The van der Waals surface area contributed by atoms with E-state index >= 15 is 0 Å². The molecule has 0 unspecified atom stereocenters. The van der Waals surface area contributed by atoms with Gasteiger partial charge in [0.05, 0.1) is 10.6 Å². The van der Waals surface area contributed by atoms with Crippen LogP contribution in [0.25, 0.3) is 0 Å². The van der Waals surface area contributed by atoms with Crippen molar-refractivity contribution in [2.24, 2.45) is 0 Å². The number of hydrogen-bond acceptors (Lipinski definition) is 7. The first-order valence-electron chi connectivity index (χ1n) is 7.26. The zero-order valence-corrected chi connectivity index (χ0v) is 12.9. The van der Waals surface area contributed by atoms with Crippen LogP contribution < -0.4 is 10.2 Å². The summed E-state index contributed by atoms with van der Waals surface area (Å²) in [6.07, 6.45) is 4.57. The van der Waals surface area contributed by atoms with Crippen molar-refractivity contribution in [3.8, 4) is 0 Å². The molecule has 1 fully saturated rings. The topological polar surface area (TPSA) is 84.2 Å². The average molecular weight is 319 g/mol. The number of hydrogen-bond donors (Lipinski definition) is 1. The van der Waals surface area contributed by atoms with Crippen LogP contribution in [0.1, 0.15) is 18.5 Å². The Bertz CT molecular complexity index is 637. The van der Waals surface area contributed by atoms with Gasteiger partial charge < -0.3 is 10.2 Å². The number of pyridine rings is 1. The van der Waals surface area contributed by atoms with Crippen LogP contribution in [0.4, 0.5) is 16.6 Å². The first-order valence-corrected chi connectivity index (χ1v) is 8.14. The fraction of sp³-hybridized carbons (Fsp3) is 0.429. The van der Waals surface area contributed by atoms with E-state index in [0.717, 1.165) is 30.3 Å². The third kappa shape index (κ3) is 3.51. The fourth-order valence-electron chi connectivity index (χ4n) is 2.38. The van der Waals surface area contributed by atoms with Gasteiger partial charge in [0, 0.05) is 37.5 Å². The molecule has 0 bridgehead atoms. The zero-order chi connectivity index (χ0) is 15.4. The van der Waals surface area contributed by atoms with Crippen molar-refractivity contribution in [1.29, 1.82) is 0 Å². The molecule has 22 heavy (non-hydrogen) atoms. The number of rotatable bonds is 6. The summed E-state index contributed by atoms with van der Waals surface area (Å²) in [7, 11) is 0. The summed E-state index contributed by atoms with van der Waals surface area (Å²) >= 11 is 1.69. The predicted octanol–water partition coefficient (Wildman–Crippen LogP) is 2.70. The minimum absolute atomic E-state index is 0.000284. The van der Waals surface area contributed by atoms with Gasteiger partial charge in [-0.05, 0) is 18.9 Å². The standard InChI is InChI=1S/C14H17N5O2S/c20-19(21)12-3-4-13(16-9-12)15-6-5-11-10-22-14(17-11)18-7-1-2-8-18/h3-4,9-10H,1-2,5-8H2,(H,15,16). The Balaban J connectivity index is 1.49. The van der Waals surface area contributed by atoms with E-state index in [1.54, 1.807) is 17.4 Å². The molecule has 2 aromatic rings. The average Bonchev–Trinajstić information content (AvgIpc) is 3.19. The largest absolute Gasteiger partial charge is 0.370 e. The van der Waals surface area contributed by atoms with Crippen molar-refractivity contribution in [3.05, 3.63) is 39.5 Å². The molecule has 0 saturated carbocycles. The molecule has 2 aromatic heterocycles. The smallest absolute Gasteiger partial charge is 0.287 e. The van der Waals surface area contributed by atoms with Crippen molar-refractivity contribution in [2.75, 3.05) is 29.9 Å². The van der Waals surface area contributed by atoms with Gasteiger partial charge in [-0.1, -0.05) is 0 Å². The molecule has 1 aliphatic heterocycles. The van der Waals surface area contributed by atoms with E-state index in [0.29, 0.717) is 12.4 Å². The van der Waals surface area contributed by atoms with Gasteiger partial charge in [-0.15, -0.1) is 11.3 Å². The second-order valence-electron chi connectivity index (χ2n) is 5.15. The summed E-state index contributed by atoms with van der Waals surface area (Å²) in [6, 6.07) is 3.07.